The van der Waals surface area contributed by atoms with Crippen molar-refractivity contribution < 1.29 is 13.9 Å². The van der Waals surface area contributed by atoms with Gasteiger partial charge in [-0.05, 0) is 54.0 Å². The molecule has 2 aromatic carbocycles. The van der Waals surface area contributed by atoms with Gasteiger partial charge in [-0.3, -0.25) is 0 Å². The molecule has 0 aliphatic carbocycles. The van der Waals surface area contributed by atoms with Crippen molar-refractivity contribution in [1.29, 1.82) is 0 Å². The first-order chi connectivity index (χ1) is 12.8. The Morgan fingerprint density at radius 1 is 1.00 bits per heavy atom. The van der Waals surface area contributed by atoms with Crippen LogP contribution in [0.4, 0.5) is 4.39 Å². The summed E-state index contributed by atoms with van der Waals surface area (Å²) >= 11 is 9.93. The van der Waals surface area contributed by atoms with Crippen LogP contribution >= 0.6 is 27.5 Å². The van der Waals surface area contributed by atoms with Crippen molar-refractivity contribution in [2.24, 2.45) is 0 Å². The third-order valence-corrected chi connectivity index (χ3v) is 5.26. The van der Waals surface area contributed by atoms with Crippen molar-refractivity contribution >= 4 is 27.5 Å². The van der Waals surface area contributed by atoms with E-state index in [-0.39, 0.29) is 5.02 Å². The molecule has 0 atom stereocenters. The molecule has 0 bridgehead atoms. The van der Waals surface area contributed by atoms with E-state index in [0.29, 0.717) is 28.6 Å². The van der Waals surface area contributed by atoms with E-state index < -0.39 is 5.82 Å². The van der Waals surface area contributed by atoms with Gasteiger partial charge in [-0.15, -0.1) is 0 Å². The molecule has 1 heterocycles. The van der Waals surface area contributed by atoms with Crippen molar-refractivity contribution in [3.8, 4) is 33.9 Å². The van der Waals surface area contributed by atoms with Crippen molar-refractivity contribution in [3.05, 3.63) is 57.2 Å². The van der Waals surface area contributed by atoms with Gasteiger partial charge in [-0.25, -0.2) is 14.4 Å². The van der Waals surface area contributed by atoms with Gasteiger partial charge in [-0.2, -0.15) is 0 Å². The summed E-state index contributed by atoms with van der Waals surface area (Å²) in [5.74, 6) is 1.43. The number of methoxy groups -OCH3 is 2. The molecule has 0 amide bonds. The number of aryl methyl sites for hydroxylation is 2. The van der Waals surface area contributed by atoms with Crippen molar-refractivity contribution in [2.45, 2.75) is 13.8 Å². The van der Waals surface area contributed by atoms with Gasteiger partial charge in [0.25, 0.3) is 0 Å². The fraction of sp³-hybridized carbons (Fsp3) is 0.200. The minimum atomic E-state index is -0.403. The largest absolute Gasteiger partial charge is 0.497 e. The number of hydrogen-bond donors (Lipinski definition) is 0. The molecular formula is C20H17BrClFN2O2. The first-order valence-corrected chi connectivity index (χ1v) is 9.25. The lowest BCUT2D eigenvalue weighted by molar-refractivity contribution is 0.393. The minimum absolute atomic E-state index is 0.290. The molecule has 0 saturated carbocycles. The second-order valence-corrected chi connectivity index (χ2v) is 7.10. The highest BCUT2D eigenvalue weighted by molar-refractivity contribution is 9.10. The Labute approximate surface area is 170 Å². The van der Waals surface area contributed by atoms with Crippen LogP contribution < -0.4 is 9.47 Å². The third-order valence-electron chi connectivity index (χ3n) is 4.13. The highest BCUT2D eigenvalue weighted by Gasteiger charge is 2.21. The molecular weight excluding hydrogens is 435 g/mol. The van der Waals surface area contributed by atoms with Crippen LogP contribution in [0.5, 0.6) is 11.5 Å². The van der Waals surface area contributed by atoms with E-state index in [1.54, 1.807) is 26.4 Å². The Morgan fingerprint density at radius 2 is 1.74 bits per heavy atom. The molecule has 0 saturated heterocycles. The summed E-state index contributed by atoms with van der Waals surface area (Å²) in [6, 6.07) is 7.91. The fourth-order valence-electron chi connectivity index (χ4n) is 2.93. The van der Waals surface area contributed by atoms with Gasteiger partial charge in [0.2, 0.25) is 0 Å². The lowest BCUT2D eigenvalue weighted by Gasteiger charge is -2.17. The Hall–Kier alpha value is -2.18. The predicted molar refractivity (Wildman–Crippen MR) is 108 cm³/mol. The fourth-order valence-corrected chi connectivity index (χ4v) is 3.77. The molecule has 3 aromatic rings. The van der Waals surface area contributed by atoms with Crippen LogP contribution in [0.3, 0.4) is 0 Å². The van der Waals surface area contributed by atoms with Crippen molar-refractivity contribution in [2.75, 3.05) is 14.2 Å². The Kier molecular flexibility index (Phi) is 5.67. The van der Waals surface area contributed by atoms with Gasteiger partial charge >= 0.3 is 0 Å². The normalized spacial score (nSPS) is 10.8. The molecule has 0 spiro atoms. The van der Waals surface area contributed by atoms with Gasteiger partial charge in [0.15, 0.2) is 0 Å². The average Bonchev–Trinajstić information content (AvgIpc) is 2.62. The van der Waals surface area contributed by atoms with E-state index >= 15 is 0 Å². The lowest BCUT2D eigenvalue weighted by atomic mass is 9.97. The smallest absolute Gasteiger partial charge is 0.137 e. The zero-order valence-corrected chi connectivity index (χ0v) is 17.6. The van der Waals surface area contributed by atoms with Gasteiger partial charge in [0.05, 0.1) is 29.4 Å². The van der Waals surface area contributed by atoms with Crippen LogP contribution in [0, 0.1) is 19.7 Å². The van der Waals surface area contributed by atoms with Crippen LogP contribution in [0.2, 0.25) is 5.02 Å². The Morgan fingerprint density at radius 3 is 2.37 bits per heavy atom. The molecule has 140 valence electrons. The third kappa shape index (κ3) is 3.77. The Bertz CT molecular complexity index is 1030. The second kappa shape index (κ2) is 7.82. The van der Waals surface area contributed by atoms with Crippen LogP contribution in [0.15, 0.2) is 34.8 Å². The van der Waals surface area contributed by atoms with E-state index in [2.05, 4.69) is 25.9 Å². The number of hydrogen-bond acceptors (Lipinski definition) is 4. The van der Waals surface area contributed by atoms with Gasteiger partial charge in [-0.1, -0.05) is 11.6 Å². The molecule has 0 aliphatic rings. The maximum atomic E-state index is 13.6. The molecule has 7 heteroatoms. The number of rotatable bonds is 4. The standard InChI is InChI=1S/C20H17BrClFN2O2/c1-10-18(14-6-5-12(23)7-16(14)22)20(25-11(2)24-10)15-8-13(26-3)9-17(27-4)19(15)21/h5-9H,1-4H3. The number of benzene rings is 2. The summed E-state index contributed by atoms with van der Waals surface area (Å²) in [4.78, 5) is 9.12. The maximum absolute atomic E-state index is 13.6. The van der Waals surface area contributed by atoms with Gasteiger partial charge < -0.3 is 9.47 Å². The highest BCUT2D eigenvalue weighted by atomic mass is 79.9. The van der Waals surface area contributed by atoms with Crippen molar-refractivity contribution in [1.82, 2.24) is 9.97 Å². The summed E-state index contributed by atoms with van der Waals surface area (Å²) in [5, 5.41) is 0.290. The lowest BCUT2D eigenvalue weighted by Crippen LogP contribution is -2.01. The second-order valence-electron chi connectivity index (χ2n) is 5.90. The zero-order chi connectivity index (χ0) is 19.7. The molecule has 0 aliphatic heterocycles. The molecule has 0 radical (unpaired) electrons. The molecule has 3 rings (SSSR count). The summed E-state index contributed by atoms with van der Waals surface area (Å²) in [7, 11) is 3.16. The summed E-state index contributed by atoms with van der Waals surface area (Å²) < 4.78 is 25.1. The molecule has 1 aromatic heterocycles. The number of halogens is 3. The highest BCUT2D eigenvalue weighted by Crippen LogP contribution is 2.44. The maximum Gasteiger partial charge on any atom is 0.137 e. The van der Waals surface area contributed by atoms with Crippen LogP contribution in [0.25, 0.3) is 22.4 Å². The van der Waals surface area contributed by atoms with Crippen LogP contribution in [-0.4, -0.2) is 24.2 Å². The molecule has 0 N–H and O–H groups in total. The minimum Gasteiger partial charge on any atom is -0.497 e. The summed E-state index contributed by atoms with van der Waals surface area (Å²) in [6.45, 7) is 3.69. The first-order valence-electron chi connectivity index (χ1n) is 8.08. The van der Waals surface area contributed by atoms with Crippen LogP contribution in [-0.2, 0) is 0 Å². The summed E-state index contributed by atoms with van der Waals surface area (Å²) in [6.07, 6.45) is 0. The van der Waals surface area contributed by atoms with E-state index in [9.17, 15) is 4.39 Å². The summed E-state index contributed by atoms with van der Waals surface area (Å²) in [5.41, 5.74) is 3.52. The molecule has 0 unspecified atom stereocenters. The zero-order valence-electron chi connectivity index (χ0n) is 15.2. The van der Waals surface area contributed by atoms with E-state index in [0.717, 1.165) is 21.3 Å². The molecule has 4 nitrogen and oxygen atoms in total. The Balaban J connectivity index is 2.38. The quantitative estimate of drug-likeness (QED) is 0.488. The van der Waals surface area contributed by atoms with E-state index in [1.807, 2.05) is 19.9 Å². The topological polar surface area (TPSA) is 44.2 Å². The average molecular weight is 452 g/mol. The van der Waals surface area contributed by atoms with Crippen molar-refractivity contribution in [3.63, 3.8) is 0 Å². The number of ether oxygens (including phenoxy) is 2. The van der Waals surface area contributed by atoms with E-state index in [4.69, 9.17) is 21.1 Å². The van der Waals surface area contributed by atoms with Crippen LogP contribution in [0.1, 0.15) is 11.5 Å². The van der Waals surface area contributed by atoms with E-state index in [1.165, 1.54) is 12.1 Å². The number of nitrogens with zero attached hydrogens (tertiary/aromatic N) is 2. The molecule has 0 fully saturated rings. The van der Waals surface area contributed by atoms with Gasteiger partial charge in [0.1, 0.15) is 23.1 Å². The monoisotopic (exact) mass is 450 g/mol. The predicted octanol–water partition coefficient (Wildman–Crippen LogP) is 6.00. The number of aromatic nitrogens is 2. The SMILES string of the molecule is COc1cc(OC)c(Br)c(-c2nc(C)nc(C)c2-c2ccc(F)cc2Cl)c1. The first kappa shape index (κ1) is 19.6. The van der Waals surface area contributed by atoms with Gasteiger partial charge in [0, 0.05) is 28.5 Å². The molecule has 27 heavy (non-hydrogen) atoms.